The molecule has 0 saturated carbocycles. The van der Waals surface area contributed by atoms with Gasteiger partial charge in [0.15, 0.2) is 5.65 Å². The van der Waals surface area contributed by atoms with E-state index in [-0.39, 0.29) is 0 Å². The van der Waals surface area contributed by atoms with Crippen LogP contribution in [-0.2, 0) is 5.54 Å². The molecule has 4 rings (SSSR count). The van der Waals surface area contributed by atoms with E-state index < -0.39 is 5.54 Å². The summed E-state index contributed by atoms with van der Waals surface area (Å²) in [5.74, 6) is 1.65. The Balaban J connectivity index is 1.76. The van der Waals surface area contributed by atoms with Gasteiger partial charge in [-0.1, -0.05) is 23.7 Å². The number of H-pyrrole nitrogens is 1. The van der Waals surface area contributed by atoms with E-state index in [1.54, 1.807) is 16.9 Å². The van der Waals surface area contributed by atoms with Gasteiger partial charge in [0, 0.05) is 6.20 Å². The van der Waals surface area contributed by atoms with Crippen molar-refractivity contribution < 1.29 is 0 Å². The molecular formula is C16H15ClN6. The summed E-state index contributed by atoms with van der Waals surface area (Å²) in [4.78, 5) is 12.3. The van der Waals surface area contributed by atoms with Crippen LogP contribution in [0.1, 0.15) is 19.7 Å². The Hall–Kier alpha value is -2.60. The molecule has 0 spiro atoms. The van der Waals surface area contributed by atoms with Crippen molar-refractivity contribution in [1.82, 2.24) is 24.6 Å². The Labute approximate surface area is 137 Å². The SMILES string of the molecule is CC(C)(Nc1ccnc2c(Cl)cnn12)c1nc2ccccc2[nH]1. The van der Waals surface area contributed by atoms with Crippen LogP contribution in [0.3, 0.4) is 0 Å². The average Bonchev–Trinajstić information content (AvgIpc) is 3.12. The maximum Gasteiger partial charge on any atom is 0.176 e. The van der Waals surface area contributed by atoms with E-state index in [9.17, 15) is 0 Å². The van der Waals surface area contributed by atoms with Crippen molar-refractivity contribution in [2.45, 2.75) is 19.4 Å². The van der Waals surface area contributed by atoms with E-state index in [4.69, 9.17) is 11.6 Å². The third-order valence-electron chi connectivity index (χ3n) is 3.78. The number of aromatic amines is 1. The molecule has 7 heteroatoms. The van der Waals surface area contributed by atoms with Crippen molar-refractivity contribution in [1.29, 1.82) is 0 Å². The number of hydrogen-bond acceptors (Lipinski definition) is 4. The van der Waals surface area contributed by atoms with Gasteiger partial charge >= 0.3 is 0 Å². The third-order valence-corrected chi connectivity index (χ3v) is 4.05. The standard InChI is InChI=1S/C16H15ClN6/c1-16(2,15-20-11-5-3-4-6-12(11)21-15)22-13-7-8-18-14-10(17)9-19-23(13)14/h3-9,22H,1-2H3,(H,20,21). The lowest BCUT2D eigenvalue weighted by atomic mass is 10.1. The summed E-state index contributed by atoms with van der Waals surface area (Å²) in [6.45, 7) is 4.12. The molecule has 0 unspecified atom stereocenters. The minimum absolute atomic E-state index is 0.425. The van der Waals surface area contributed by atoms with Crippen LogP contribution in [-0.4, -0.2) is 24.6 Å². The number of halogens is 1. The highest BCUT2D eigenvalue weighted by molar-refractivity contribution is 6.33. The fourth-order valence-electron chi connectivity index (χ4n) is 2.59. The second kappa shape index (κ2) is 4.96. The maximum atomic E-state index is 6.09. The molecule has 23 heavy (non-hydrogen) atoms. The summed E-state index contributed by atoms with van der Waals surface area (Å²) in [5, 5.41) is 8.25. The summed E-state index contributed by atoms with van der Waals surface area (Å²) in [6.07, 6.45) is 3.29. The molecule has 0 radical (unpaired) electrons. The van der Waals surface area contributed by atoms with Gasteiger partial charge in [0.1, 0.15) is 16.7 Å². The van der Waals surface area contributed by atoms with Gasteiger partial charge < -0.3 is 10.3 Å². The Kier molecular flexibility index (Phi) is 3.02. The monoisotopic (exact) mass is 326 g/mol. The van der Waals surface area contributed by atoms with Gasteiger partial charge in [-0.25, -0.2) is 9.97 Å². The van der Waals surface area contributed by atoms with Crippen molar-refractivity contribution in [2.75, 3.05) is 5.32 Å². The van der Waals surface area contributed by atoms with Crippen molar-refractivity contribution in [3.05, 3.63) is 53.6 Å². The zero-order valence-corrected chi connectivity index (χ0v) is 13.5. The zero-order chi connectivity index (χ0) is 16.0. The molecule has 1 aromatic carbocycles. The van der Waals surface area contributed by atoms with E-state index >= 15 is 0 Å². The summed E-state index contributed by atoms with van der Waals surface area (Å²) in [5.41, 5.74) is 2.15. The number of aromatic nitrogens is 5. The molecule has 0 atom stereocenters. The quantitative estimate of drug-likeness (QED) is 0.603. The second-order valence-electron chi connectivity index (χ2n) is 5.91. The Morgan fingerprint density at radius 3 is 2.87 bits per heavy atom. The molecular weight excluding hydrogens is 312 g/mol. The van der Waals surface area contributed by atoms with Crippen molar-refractivity contribution in [2.24, 2.45) is 0 Å². The predicted octanol–water partition coefficient (Wildman–Crippen LogP) is 3.61. The molecule has 0 aliphatic carbocycles. The number of imidazole rings is 1. The van der Waals surface area contributed by atoms with Crippen LogP contribution in [0.15, 0.2) is 42.7 Å². The third kappa shape index (κ3) is 2.31. The van der Waals surface area contributed by atoms with Gasteiger partial charge in [0.05, 0.1) is 22.8 Å². The Bertz CT molecular complexity index is 967. The first-order valence-corrected chi connectivity index (χ1v) is 7.64. The minimum atomic E-state index is -0.425. The van der Waals surface area contributed by atoms with Gasteiger partial charge in [-0.15, -0.1) is 0 Å². The van der Waals surface area contributed by atoms with Crippen LogP contribution in [0, 0.1) is 0 Å². The molecule has 4 aromatic rings. The first-order valence-electron chi connectivity index (χ1n) is 7.26. The summed E-state index contributed by atoms with van der Waals surface area (Å²) < 4.78 is 1.69. The molecule has 0 bridgehead atoms. The van der Waals surface area contributed by atoms with Crippen LogP contribution in [0.5, 0.6) is 0 Å². The molecule has 0 aliphatic heterocycles. The average molecular weight is 327 g/mol. The number of anilines is 1. The van der Waals surface area contributed by atoms with Crippen LogP contribution >= 0.6 is 11.6 Å². The summed E-state index contributed by atoms with van der Waals surface area (Å²) in [6, 6.07) is 9.83. The van der Waals surface area contributed by atoms with Gasteiger partial charge in [0.25, 0.3) is 0 Å². The Morgan fingerprint density at radius 2 is 2.04 bits per heavy atom. The van der Waals surface area contributed by atoms with Crippen LogP contribution < -0.4 is 5.32 Å². The van der Waals surface area contributed by atoms with Gasteiger partial charge in [-0.05, 0) is 32.0 Å². The van der Waals surface area contributed by atoms with E-state index in [0.29, 0.717) is 10.7 Å². The molecule has 116 valence electrons. The van der Waals surface area contributed by atoms with Gasteiger partial charge in [-0.3, -0.25) is 0 Å². The molecule has 0 amide bonds. The smallest absolute Gasteiger partial charge is 0.176 e. The summed E-state index contributed by atoms with van der Waals surface area (Å²) in [7, 11) is 0. The predicted molar refractivity (Wildman–Crippen MR) is 90.7 cm³/mol. The maximum absolute atomic E-state index is 6.09. The fourth-order valence-corrected chi connectivity index (χ4v) is 2.76. The van der Waals surface area contributed by atoms with E-state index in [2.05, 4.69) is 39.2 Å². The van der Waals surface area contributed by atoms with Crippen molar-refractivity contribution in [3.8, 4) is 0 Å². The van der Waals surface area contributed by atoms with Gasteiger partial charge in [0.2, 0.25) is 0 Å². The number of benzene rings is 1. The lowest BCUT2D eigenvalue weighted by Gasteiger charge is -2.25. The Morgan fingerprint density at radius 1 is 1.22 bits per heavy atom. The number of nitrogens with zero attached hydrogens (tertiary/aromatic N) is 4. The lowest BCUT2D eigenvalue weighted by Crippen LogP contribution is -2.30. The first-order chi connectivity index (χ1) is 11.0. The number of nitrogens with one attached hydrogen (secondary N) is 2. The highest BCUT2D eigenvalue weighted by atomic mass is 35.5. The van der Waals surface area contributed by atoms with Crippen LogP contribution in [0.25, 0.3) is 16.7 Å². The van der Waals surface area contributed by atoms with Crippen LogP contribution in [0.4, 0.5) is 5.82 Å². The topological polar surface area (TPSA) is 70.9 Å². The number of fused-ring (bicyclic) bond motifs is 2. The number of para-hydroxylation sites is 2. The van der Waals surface area contributed by atoms with E-state index in [1.165, 1.54) is 0 Å². The highest BCUT2D eigenvalue weighted by Crippen LogP contribution is 2.26. The molecule has 3 heterocycles. The molecule has 6 nitrogen and oxygen atoms in total. The van der Waals surface area contributed by atoms with Crippen LogP contribution in [0.2, 0.25) is 5.02 Å². The van der Waals surface area contributed by atoms with Crippen molar-refractivity contribution in [3.63, 3.8) is 0 Å². The van der Waals surface area contributed by atoms with Crippen molar-refractivity contribution >= 4 is 34.1 Å². The molecule has 0 aliphatic rings. The molecule has 3 aromatic heterocycles. The molecule has 0 fully saturated rings. The summed E-state index contributed by atoms with van der Waals surface area (Å²) >= 11 is 6.09. The first kappa shape index (κ1) is 14.0. The van der Waals surface area contributed by atoms with E-state index in [1.807, 2.05) is 30.3 Å². The molecule has 2 N–H and O–H groups in total. The van der Waals surface area contributed by atoms with E-state index in [0.717, 1.165) is 22.7 Å². The van der Waals surface area contributed by atoms with Gasteiger partial charge in [-0.2, -0.15) is 9.61 Å². The zero-order valence-electron chi connectivity index (χ0n) is 12.7. The fraction of sp³-hybridized carbons (Fsp3) is 0.188. The molecule has 0 saturated heterocycles. The minimum Gasteiger partial charge on any atom is -0.358 e. The largest absolute Gasteiger partial charge is 0.358 e. The second-order valence-corrected chi connectivity index (χ2v) is 6.32. The number of hydrogen-bond donors (Lipinski definition) is 2. The lowest BCUT2D eigenvalue weighted by molar-refractivity contribution is 0.566. The highest BCUT2D eigenvalue weighted by Gasteiger charge is 2.25. The normalized spacial score (nSPS) is 12.1. The number of rotatable bonds is 3.